The van der Waals surface area contributed by atoms with E-state index in [-0.39, 0.29) is 17.6 Å². The van der Waals surface area contributed by atoms with Crippen molar-refractivity contribution in [3.05, 3.63) is 29.8 Å². The van der Waals surface area contributed by atoms with Crippen molar-refractivity contribution in [1.29, 1.82) is 0 Å². The first-order valence-electron chi connectivity index (χ1n) is 7.42. The predicted octanol–water partition coefficient (Wildman–Crippen LogP) is 2.26. The second kappa shape index (κ2) is 6.03. The standard InChI is InChI=1S/C16H26N4O/c1-12(17)13-5-7-14(8-6-13)18-15(21)20-10-9-19(4)16(2,3)11-20/h5-8,12H,9-11,17H2,1-4H3,(H,18,21). The van der Waals surface area contributed by atoms with Crippen LogP contribution in [0.25, 0.3) is 0 Å². The van der Waals surface area contributed by atoms with E-state index in [1.807, 2.05) is 36.1 Å². The molecule has 1 aromatic rings. The van der Waals surface area contributed by atoms with E-state index in [1.54, 1.807) is 0 Å². The maximum Gasteiger partial charge on any atom is 0.321 e. The summed E-state index contributed by atoms with van der Waals surface area (Å²) >= 11 is 0. The molecule has 1 heterocycles. The maximum absolute atomic E-state index is 12.4. The van der Waals surface area contributed by atoms with E-state index >= 15 is 0 Å². The molecule has 116 valence electrons. The summed E-state index contributed by atoms with van der Waals surface area (Å²) in [7, 11) is 2.10. The van der Waals surface area contributed by atoms with Gasteiger partial charge >= 0.3 is 6.03 Å². The fourth-order valence-electron chi connectivity index (χ4n) is 2.49. The molecule has 21 heavy (non-hydrogen) atoms. The van der Waals surface area contributed by atoms with Gasteiger partial charge < -0.3 is 16.0 Å². The number of rotatable bonds is 2. The number of likely N-dealkylation sites (N-methyl/N-ethyl adjacent to an activating group) is 1. The van der Waals surface area contributed by atoms with Crippen molar-refractivity contribution in [3.63, 3.8) is 0 Å². The third kappa shape index (κ3) is 3.74. The number of nitrogens with two attached hydrogens (primary N) is 1. The van der Waals surface area contributed by atoms with Crippen LogP contribution in [0.15, 0.2) is 24.3 Å². The smallest absolute Gasteiger partial charge is 0.321 e. The molecule has 1 saturated heterocycles. The summed E-state index contributed by atoms with van der Waals surface area (Å²) in [5, 5.41) is 2.96. The van der Waals surface area contributed by atoms with Crippen LogP contribution in [0.3, 0.4) is 0 Å². The summed E-state index contributed by atoms with van der Waals surface area (Å²) in [6.45, 7) is 8.63. The average Bonchev–Trinajstić information content (AvgIpc) is 2.42. The minimum Gasteiger partial charge on any atom is -0.324 e. The van der Waals surface area contributed by atoms with Crippen molar-refractivity contribution in [2.75, 3.05) is 32.0 Å². The minimum atomic E-state index is -0.0373. The molecular formula is C16H26N4O. The Balaban J connectivity index is 1.98. The molecule has 0 spiro atoms. The summed E-state index contributed by atoms with van der Waals surface area (Å²) in [6.07, 6.45) is 0. The van der Waals surface area contributed by atoms with Crippen LogP contribution in [0, 0.1) is 0 Å². The first-order valence-corrected chi connectivity index (χ1v) is 7.42. The van der Waals surface area contributed by atoms with Gasteiger partial charge in [-0.15, -0.1) is 0 Å². The molecule has 3 N–H and O–H groups in total. The van der Waals surface area contributed by atoms with Crippen molar-refractivity contribution in [2.24, 2.45) is 5.73 Å². The number of piperazine rings is 1. The Bertz CT molecular complexity index is 496. The molecule has 0 bridgehead atoms. The van der Waals surface area contributed by atoms with Gasteiger partial charge in [0.15, 0.2) is 0 Å². The van der Waals surface area contributed by atoms with Gasteiger partial charge in [0.05, 0.1) is 0 Å². The zero-order chi connectivity index (χ0) is 15.6. The van der Waals surface area contributed by atoms with Crippen molar-refractivity contribution < 1.29 is 4.79 Å². The van der Waals surface area contributed by atoms with Crippen molar-refractivity contribution in [2.45, 2.75) is 32.4 Å². The summed E-state index contributed by atoms with van der Waals surface area (Å²) < 4.78 is 0. The molecule has 5 heteroatoms. The molecule has 0 aromatic heterocycles. The normalized spacial score (nSPS) is 20.1. The number of nitrogens with one attached hydrogen (secondary N) is 1. The van der Waals surface area contributed by atoms with Crippen LogP contribution in [0.4, 0.5) is 10.5 Å². The second-order valence-electron chi connectivity index (χ2n) is 6.50. The van der Waals surface area contributed by atoms with Crippen molar-refractivity contribution in [3.8, 4) is 0 Å². The first kappa shape index (κ1) is 15.8. The zero-order valence-corrected chi connectivity index (χ0v) is 13.4. The van der Waals surface area contributed by atoms with Crippen LogP contribution in [0.2, 0.25) is 0 Å². The molecule has 1 fully saturated rings. The Labute approximate surface area is 127 Å². The lowest BCUT2D eigenvalue weighted by atomic mass is 10.00. The number of nitrogens with zero attached hydrogens (tertiary/aromatic N) is 2. The van der Waals surface area contributed by atoms with Crippen LogP contribution in [-0.4, -0.2) is 48.1 Å². The molecule has 5 nitrogen and oxygen atoms in total. The lowest BCUT2D eigenvalue weighted by Crippen LogP contribution is -2.59. The molecule has 1 aliphatic heterocycles. The highest BCUT2D eigenvalue weighted by molar-refractivity contribution is 5.89. The summed E-state index contributed by atoms with van der Waals surface area (Å²) in [6, 6.07) is 7.68. The number of carbonyl (C=O) groups excluding carboxylic acids is 1. The molecule has 0 radical (unpaired) electrons. The molecular weight excluding hydrogens is 264 g/mol. The van der Waals surface area contributed by atoms with Crippen LogP contribution < -0.4 is 11.1 Å². The van der Waals surface area contributed by atoms with Gasteiger partial charge in [0.25, 0.3) is 0 Å². The molecule has 1 atom stereocenters. The maximum atomic E-state index is 12.4. The monoisotopic (exact) mass is 290 g/mol. The van der Waals surface area contributed by atoms with Gasteiger partial charge in [-0.25, -0.2) is 4.79 Å². The zero-order valence-electron chi connectivity index (χ0n) is 13.4. The average molecular weight is 290 g/mol. The van der Waals surface area contributed by atoms with Crippen LogP contribution in [0.1, 0.15) is 32.4 Å². The number of anilines is 1. The number of carbonyl (C=O) groups is 1. The third-order valence-corrected chi connectivity index (χ3v) is 4.29. The van der Waals surface area contributed by atoms with E-state index in [2.05, 4.69) is 31.1 Å². The number of hydrogen-bond donors (Lipinski definition) is 2. The Hall–Kier alpha value is -1.59. The van der Waals surface area contributed by atoms with E-state index < -0.39 is 0 Å². The van der Waals surface area contributed by atoms with E-state index in [0.717, 1.165) is 30.9 Å². The van der Waals surface area contributed by atoms with Gasteiger partial charge in [-0.3, -0.25) is 4.90 Å². The van der Waals surface area contributed by atoms with Gasteiger partial charge in [0.2, 0.25) is 0 Å². The lowest BCUT2D eigenvalue weighted by molar-refractivity contribution is 0.0608. The Morgan fingerprint density at radius 2 is 1.90 bits per heavy atom. The molecule has 1 unspecified atom stereocenters. The molecule has 2 amide bonds. The van der Waals surface area contributed by atoms with E-state index in [9.17, 15) is 4.79 Å². The first-order chi connectivity index (χ1) is 9.79. The molecule has 2 rings (SSSR count). The molecule has 0 aliphatic carbocycles. The van der Waals surface area contributed by atoms with Crippen molar-refractivity contribution in [1.82, 2.24) is 9.80 Å². The van der Waals surface area contributed by atoms with Gasteiger partial charge in [0, 0.05) is 36.9 Å². The number of benzene rings is 1. The number of hydrogen-bond acceptors (Lipinski definition) is 3. The summed E-state index contributed by atoms with van der Waals surface area (Å²) in [5.41, 5.74) is 7.70. The lowest BCUT2D eigenvalue weighted by Gasteiger charge is -2.45. The largest absolute Gasteiger partial charge is 0.324 e. The highest BCUT2D eigenvalue weighted by Crippen LogP contribution is 2.20. The SMILES string of the molecule is CC(N)c1ccc(NC(=O)N2CCN(C)C(C)(C)C2)cc1. The van der Waals surface area contributed by atoms with Crippen LogP contribution in [0.5, 0.6) is 0 Å². The Morgan fingerprint density at radius 1 is 1.29 bits per heavy atom. The Morgan fingerprint density at radius 3 is 2.43 bits per heavy atom. The summed E-state index contributed by atoms with van der Waals surface area (Å²) in [4.78, 5) is 16.5. The van der Waals surface area contributed by atoms with Crippen molar-refractivity contribution >= 4 is 11.7 Å². The fourth-order valence-corrected chi connectivity index (χ4v) is 2.49. The van der Waals surface area contributed by atoms with E-state index in [0.29, 0.717) is 0 Å². The van der Waals surface area contributed by atoms with Gasteiger partial charge in [-0.2, -0.15) is 0 Å². The quantitative estimate of drug-likeness (QED) is 0.878. The van der Waals surface area contributed by atoms with Crippen LogP contribution in [-0.2, 0) is 0 Å². The van der Waals surface area contributed by atoms with Gasteiger partial charge in [-0.1, -0.05) is 12.1 Å². The molecule has 1 aliphatic rings. The second-order valence-corrected chi connectivity index (χ2v) is 6.50. The fraction of sp³-hybridized carbons (Fsp3) is 0.562. The van der Waals surface area contributed by atoms with Gasteiger partial charge in [-0.05, 0) is 45.5 Å². The highest BCUT2D eigenvalue weighted by atomic mass is 16.2. The minimum absolute atomic E-state index is 0.00758. The molecule has 1 aromatic carbocycles. The Kier molecular flexibility index (Phi) is 4.54. The van der Waals surface area contributed by atoms with Crippen LogP contribution >= 0.6 is 0 Å². The van der Waals surface area contributed by atoms with E-state index in [4.69, 9.17) is 5.73 Å². The van der Waals surface area contributed by atoms with E-state index in [1.165, 1.54) is 0 Å². The predicted molar refractivity (Wildman–Crippen MR) is 86.3 cm³/mol. The topological polar surface area (TPSA) is 61.6 Å². The third-order valence-electron chi connectivity index (χ3n) is 4.29. The number of urea groups is 1. The highest BCUT2D eigenvalue weighted by Gasteiger charge is 2.33. The summed E-state index contributed by atoms with van der Waals surface area (Å²) in [5.74, 6) is 0. The van der Waals surface area contributed by atoms with Gasteiger partial charge in [0.1, 0.15) is 0 Å². The molecule has 0 saturated carbocycles. The number of amides is 2.